The normalized spacial score (nSPS) is 12.8. The fraction of sp³-hybridized carbons (Fsp3) is 0.556. The fourth-order valence-electron chi connectivity index (χ4n) is 2.25. The number of aryl methyl sites for hydroxylation is 1. The van der Waals surface area contributed by atoms with E-state index in [1.54, 1.807) is 0 Å². The van der Waals surface area contributed by atoms with Crippen LogP contribution in [0.1, 0.15) is 58.2 Å². The Morgan fingerprint density at radius 3 is 2.33 bits per heavy atom. The maximum atomic E-state index is 3.25. The van der Waals surface area contributed by atoms with Crippen molar-refractivity contribution in [3.63, 3.8) is 0 Å². The van der Waals surface area contributed by atoms with E-state index < -0.39 is 0 Å². The summed E-state index contributed by atoms with van der Waals surface area (Å²) in [5.74, 6) is 6.71. The highest BCUT2D eigenvalue weighted by molar-refractivity contribution is 5.36. The van der Waals surface area contributed by atoms with Crippen LogP contribution in [0.4, 0.5) is 0 Å². The van der Waals surface area contributed by atoms with Gasteiger partial charge in [-0.15, -0.1) is 11.8 Å². The lowest BCUT2D eigenvalue weighted by Crippen LogP contribution is -2.12. The monoisotopic (exact) mass is 242 g/mol. The summed E-state index contributed by atoms with van der Waals surface area (Å²) in [6.45, 7) is 13.2. The molecule has 0 radical (unpaired) electrons. The zero-order valence-corrected chi connectivity index (χ0v) is 12.7. The van der Waals surface area contributed by atoms with Crippen LogP contribution in [0.3, 0.4) is 0 Å². The highest BCUT2D eigenvalue weighted by Crippen LogP contribution is 2.26. The summed E-state index contributed by atoms with van der Waals surface area (Å²) in [7, 11) is 0. The Bertz CT molecular complexity index is 449. The summed E-state index contributed by atoms with van der Waals surface area (Å²) in [5, 5.41) is 0. The van der Waals surface area contributed by atoms with Gasteiger partial charge in [-0.05, 0) is 41.9 Å². The van der Waals surface area contributed by atoms with E-state index in [1.165, 1.54) is 16.7 Å². The Kier molecular flexibility index (Phi) is 5.03. The van der Waals surface area contributed by atoms with Gasteiger partial charge in [-0.3, -0.25) is 0 Å². The number of rotatable bonds is 3. The molecular weight excluding hydrogens is 216 g/mol. The maximum Gasteiger partial charge on any atom is 0.0214 e. The minimum absolute atomic E-state index is 0.223. The Balaban J connectivity index is 3.09. The molecule has 0 spiro atoms. The molecule has 0 heterocycles. The van der Waals surface area contributed by atoms with Crippen molar-refractivity contribution < 1.29 is 0 Å². The van der Waals surface area contributed by atoms with E-state index in [9.17, 15) is 0 Å². The standard InChI is InChI=1S/C18H26/c1-7-9-14(3)12-16-13-17(18(4,5)6)11-10-15(16)8-2/h10-11,13-14H,8,12H2,1-6H3. The van der Waals surface area contributed by atoms with E-state index in [-0.39, 0.29) is 5.41 Å². The van der Waals surface area contributed by atoms with Crippen LogP contribution in [-0.2, 0) is 18.3 Å². The van der Waals surface area contributed by atoms with Crippen LogP contribution in [0.25, 0.3) is 0 Å². The van der Waals surface area contributed by atoms with Gasteiger partial charge in [0, 0.05) is 5.92 Å². The number of benzene rings is 1. The summed E-state index contributed by atoms with van der Waals surface area (Å²) in [6, 6.07) is 6.95. The van der Waals surface area contributed by atoms with Gasteiger partial charge in [0.15, 0.2) is 0 Å². The van der Waals surface area contributed by atoms with Crippen molar-refractivity contribution in [3.05, 3.63) is 34.9 Å². The maximum absolute atomic E-state index is 3.25. The zero-order valence-electron chi connectivity index (χ0n) is 12.7. The van der Waals surface area contributed by atoms with Crippen LogP contribution in [0.5, 0.6) is 0 Å². The van der Waals surface area contributed by atoms with Crippen molar-refractivity contribution in [1.29, 1.82) is 0 Å². The van der Waals surface area contributed by atoms with Crippen molar-refractivity contribution >= 4 is 0 Å². The lowest BCUT2D eigenvalue weighted by molar-refractivity contribution is 0.587. The second kappa shape index (κ2) is 6.10. The SMILES string of the molecule is CC#CC(C)Cc1cc(C(C)(C)C)ccc1CC. The van der Waals surface area contributed by atoms with Crippen molar-refractivity contribution in [3.8, 4) is 11.8 Å². The molecular formula is C18H26. The number of hydrogen-bond acceptors (Lipinski definition) is 0. The van der Waals surface area contributed by atoms with Crippen molar-refractivity contribution in [2.75, 3.05) is 0 Å². The first-order valence-electron chi connectivity index (χ1n) is 6.93. The van der Waals surface area contributed by atoms with Gasteiger partial charge in [-0.1, -0.05) is 52.8 Å². The molecule has 0 aliphatic heterocycles. The molecule has 0 saturated heterocycles. The second-order valence-corrected chi connectivity index (χ2v) is 6.09. The molecule has 0 bridgehead atoms. The molecule has 0 aliphatic rings. The van der Waals surface area contributed by atoms with Crippen LogP contribution >= 0.6 is 0 Å². The average Bonchev–Trinajstić information content (AvgIpc) is 2.28. The summed E-state index contributed by atoms with van der Waals surface area (Å²) in [4.78, 5) is 0. The van der Waals surface area contributed by atoms with Crippen molar-refractivity contribution in [2.45, 2.75) is 59.8 Å². The van der Waals surface area contributed by atoms with Gasteiger partial charge in [0.05, 0.1) is 0 Å². The smallest absolute Gasteiger partial charge is 0.0214 e. The van der Waals surface area contributed by atoms with Gasteiger partial charge in [-0.2, -0.15) is 0 Å². The molecule has 18 heavy (non-hydrogen) atoms. The van der Waals surface area contributed by atoms with E-state index in [4.69, 9.17) is 0 Å². The fourth-order valence-corrected chi connectivity index (χ4v) is 2.25. The molecule has 0 N–H and O–H groups in total. The summed E-state index contributed by atoms with van der Waals surface area (Å²) in [6.07, 6.45) is 2.17. The van der Waals surface area contributed by atoms with Crippen LogP contribution in [0.2, 0.25) is 0 Å². The van der Waals surface area contributed by atoms with E-state index >= 15 is 0 Å². The van der Waals surface area contributed by atoms with Crippen LogP contribution in [-0.4, -0.2) is 0 Å². The molecule has 0 nitrogen and oxygen atoms in total. The number of hydrogen-bond donors (Lipinski definition) is 0. The van der Waals surface area contributed by atoms with Gasteiger partial charge in [0.2, 0.25) is 0 Å². The van der Waals surface area contributed by atoms with Crippen molar-refractivity contribution in [2.24, 2.45) is 5.92 Å². The summed E-state index contributed by atoms with van der Waals surface area (Å²) >= 11 is 0. The molecule has 1 rings (SSSR count). The Labute approximate surface area is 113 Å². The molecule has 0 aliphatic carbocycles. The molecule has 1 aromatic rings. The minimum atomic E-state index is 0.223. The van der Waals surface area contributed by atoms with E-state index in [2.05, 4.69) is 64.7 Å². The molecule has 0 aromatic heterocycles. The van der Waals surface area contributed by atoms with E-state index in [0.717, 1.165) is 12.8 Å². The van der Waals surface area contributed by atoms with Crippen LogP contribution in [0.15, 0.2) is 18.2 Å². The molecule has 0 amide bonds. The van der Waals surface area contributed by atoms with Crippen molar-refractivity contribution in [1.82, 2.24) is 0 Å². The molecule has 0 saturated carbocycles. The third-order valence-corrected chi connectivity index (χ3v) is 3.37. The molecule has 98 valence electrons. The first kappa shape index (κ1) is 14.8. The molecule has 1 unspecified atom stereocenters. The molecule has 1 aromatic carbocycles. The van der Waals surface area contributed by atoms with Gasteiger partial charge in [0.1, 0.15) is 0 Å². The predicted molar refractivity (Wildman–Crippen MR) is 80.8 cm³/mol. The first-order valence-corrected chi connectivity index (χ1v) is 6.93. The van der Waals surface area contributed by atoms with E-state index in [0.29, 0.717) is 5.92 Å². The Morgan fingerprint density at radius 1 is 1.17 bits per heavy atom. The van der Waals surface area contributed by atoms with Gasteiger partial charge in [0.25, 0.3) is 0 Å². The Morgan fingerprint density at radius 2 is 1.83 bits per heavy atom. The first-order chi connectivity index (χ1) is 8.38. The Hall–Kier alpha value is -1.22. The predicted octanol–water partition coefficient (Wildman–Crippen LogP) is 4.75. The van der Waals surface area contributed by atoms with Crippen LogP contribution in [0, 0.1) is 17.8 Å². The third-order valence-electron chi connectivity index (χ3n) is 3.37. The van der Waals surface area contributed by atoms with Gasteiger partial charge >= 0.3 is 0 Å². The quantitative estimate of drug-likeness (QED) is 0.671. The lowest BCUT2D eigenvalue weighted by atomic mass is 9.83. The highest BCUT2D eigenvalue weighted by Gasteiger charge is 2.15. The largest absolute Gasteiger partial charge is 0.106 e. The summed E-state index contributed by atoms with van der Waals surface area (Å²) in [5.41, 5.74) is 4.58. The topological polar surface area (TPSA) is 0 Å². The lowest BCUT2D eigenvalue weighted by Gasteiger charge is -2.21. The highest BCUT2D eigenvalue weighted by atomic mass is 14.2. The van der Waals surface area contributed by atoms with Crippen LogP contribution < -0.4 is 0 Å². The van der Waals surface area contributed by atoms with Gasteiger partial charge < -0.3 is 0 Å². The molecule has 1 atom stereocenters. The second-order valence-electron chi connectivity index (χ2n) is 6.09. The van der Waals surface area contributed by atoms with Gasteiger partial charge in [-0.25, -0.2) is 0 Å². The average molecular weight is 242 g/mol. The third kappa shape index (κ3) is 3.91. The molecule has 0 heteroatoms. The molecule has 0 fully saturated rings. The summed E-state index contributed by atoms with van der Waals surface area (Å²) < 4.78 is 0. The zero-order chi connectivity index (χ0) is 13.8. The minimum Gasteiger partial charge on any atom is -0.106 e. The van der Waals surface area contributed by atoms with E-state index in [1.807, 2.05) is 6.92 Å².